The first-order valence-corrected chi connectivity index (χ1v) is 6.31. The van der Waals surface area contributed by atoms with Crippen molar-refractivity contribution in [3.05, 3.63) is 47.7 Å². The minimum atomic E-state index is -1.08. The number of carbonyl (C=O) groups is 1. The van der Waals surface area contributed by atoms with Crippen molar-refractivity contribution < 1.29 is 9.90 Å². The summed E-state index contributed by atoms with van der Waals surface area (Å²) in [4.78, 5) is 10.7. The van der Waals surface area contributed by atoms with Crippen LogP contribution in [-0.4, -0.2) is 21.3 Å². The summed E-state index contributed by atoms with van der Waals surface area (Å²) in [6.45, 7) is 6.47. The second-order valence-electron chi connectivity index (χ2n) is 5.56. The maximum atomic E-state index is 10.7. The van der Waals surface area contributed by atoms with Gasteiger partial charge in [0.1, 0.15) is 0 Å². The van der Waals surface area contributed by atoms with Crippen LogP contribution in [0.3, 0.4) is 0 Å². The number of aromatic nitrogens is 2. The largest absolute Gasteiger partial charge is 0.476 e. The van der Waals surface area contributed by atoms with Crippen LogP contribution < -0.4 is 5.32 Å². The van der Waals surface area contributed by atoms with Crippen LogP contribution in [0.1, 0.15) is 36.8 Å². The van der Waals surface area contributed by atoms with Gasteiger partial charge in [-0.25, -0.2) is 4.79 Å². The quantitative estimate of drug-likeness (QED) is 0.896. The van der Waals surface area contributed by atoms with Gasteiger partial charge in [0.05, 0.1) is 0 Å². The van der Waals surface area contributed by atoms with Crippen LogP contribution in [0, 0.1) is 0 Å². The third kappa shape index (κ3) is 3.32. The first-order valence-electron chi connectivity index (χ1n) is 6.31. The summed E-state index contributed by atoms with van der Waals surface area (Å²) in [5.74, 6) is -0.572. The predicted molar refractivity (Wildman–Crippen MR) is 77.4 cm³/mol. The Hall–Kier alpha value is -2.43. The van der Waals surface area contributed by atoms with E-state index in [1.807, 2.05) is 12.1 Å². The summed E-state index contributed by atoms with van der Waals surface area (Å²) in [5, 5.41) is 19.3. The van der Waals surface area contributed by atoms with Gasteiger partial charge >= 0.3 is 5.97 Å². The molecule has 2 rings (SSSR count). The molecule has 20 heavy (non-hydrogen) atoms. The van der Waals surface area contributed by atoms with E-state index < -0.39 is 5.97 Å². The molecule has 0 saturated carbocycles. The Labute approximate surface area is 117 Å². The molecule has 0 aliphatic heterocycles. The minimum Gasteiger partial charge on any atom is -0.476 e. The summed E-state index contributed by atoms with van der Waals surface area (Å²) in [6, 6.07) is 11.1. The first kappa shape index (κ1) is 14.0. The van der Waals surface area contributed by atoms with Crippen LogP contribution in [0.25, 0.3) is 0 Å². The van der Waals surface area contributed by atoms with Crippen LogP contribution in [0.2, 0.25) is 0 Å². The molecule has 0 unspecified atom stereocenters. The molecule has 1 heterocycles. The zero-order valence-corrected chi connectivity index (χ0v) is 11.7. The van der Waals surface area contributed by atoms with Crippen molar-refractivity contribution in [3.63, 3.8) is 0 Å². The lowest BCUT2D eigenvalue weighted by atomic mass is 9.87. The molecule has 0 bridgehead atoms. The van der Waals surface area contributed by atoms with Crippen LogP contribution in [0.5, 0.6) is 0 Å². The van der Waals surface area contributed by atoms with Gasteiger partial charge in [-0.3, -0.25) is 0 Å². The second kappa shape index (κ2) is 5.28. The lowest BCUT2D eigenvalue weighted by Crippen LogP contribution is -2.10. The molecule has 2 N–H and O–H groups in total. The van der Waals surface area contributed by atoms with Crippen molar-refractivity contribution in [1.29, 1.82) is 0 Å². The molecule has 5 heteroatoms. The number of hydrogen-bond donors (Lipinski definition) is 2. The molecule has 0 fully saturated rings. The molecule has 2 aromatic rings. The van der Waals surface area contributed by atoms with Crippen LogP contribution >= 0.6 is 0 Å². The number of nitrogens with one attached hydrogen (secondary N) is 1. The molecule has 0 spiro atoms. The smallest absolute Gasteiger partial charge is 0.356 e. The highest BCUT2D eigenvalue weighted by molar-refractivity contribution is 5.85. The van der Waals surface area contributed by atoms with Gasteiger partial charge in [-0.15, -0.1) is 10.2 Å². The molecule has 1 aromatic heterocycles. The monoisotopic (exact) mass is 271 g/mol. The van der Waals surface area contributed by atoms with Gasteiger partial charge in [0.2, 0.25) is 0 Å². The van der Waals surface area contributed by atoms with Gasteiger partial charge in [-0.05, 0) is 35.2 Å². The Bertz CT molecular complexity index is 599. The zero-order valence-electron chi connectivity index (χ0n) is 11.7. The van der Waals surface area contributed by atoms with Crippen molar-refractivity contribution in [3.8, 4) is 0 Å². The average molecular weight is 271 g/mol. The topological polar surface area (TPSA) is 75.1 Å². The Balaban J connectivity index is 2.12. The lowest BCUT2D eigenvalue weighted by molar-refractivity contribution is 0.0689. The van der Waals surface area contributed by atoms with Crippen LogP contribution in [0.4, 0.5) is 11.5 Å². The molecular weight excluding hydrogens is 254 g/mol. The normalized spacial score (nSPS) is 11.2. The number of nitrogens with zero attached hydrogens (tertiary/aromatic N) is 2. The molecule has 104 valence electrons. The number of rotatable bonds is 3. The van der Waals surface area contributed by atoms with Gasteiger partial charge in [0.25, 0.3) is 0 Å². The highest BCUT2D eigenvalue weighted by atomic mass is 16.4. The van der Waals surface area contributed by atoms with E-state index >= 15 is 0 Å². The molecule has 5 nitrogen and oxygen atoms in total. The Morgan fingerprint density at radius 3 is 2.15 bits per heavy atom. The number of anilines is 2. The van der Waals surface area contributed by atoms with E-state index in [-0.39, 0.29) is 11.1 Å². The lowest BCUT2D eigenvalue weighted by Gasteiger charge is -2.19. The summed E-state index contributed by atoms with van der Waals surface area (Å²) in [5.41, 5.74) is 2.17. The van der Waals surface area contributed by atoms with Crippen molar-refractivity contribution in [2.45, 2.75) is 26.2 Å². The Kier molecular flexibility index (Phi) is 3.70. The van der Waals surface area contributed by atoms with Crippen LogP contribution in [0.15, 0.2) is 36.4 Å². The molecular formula is C15H17N3O2. The van der Waals surface area contributed by atoms with Crippen molar-refractivity contribution in [2.75, 3.05) is 5.32 Å². The van der Waals surface area contributed by atoms with Gasteiger partial charge in [-0.1, -0.05) is 32.9 Å². The van der Waals surface area contributed by atoms with E-state index in [1.165, 1.54) is 11.6 Å². The first-order chi connectivity index (χ1) is 9.36. The molecule has 1 aromatic carbocycles. The Morgan fingerprint density at radius 2 is 1.70 bits per heavy atom. The SMILES string of the molecule is CC(C)(C)c1ccc(Nc2ccc(C(=O)O)nn2)cc1. The highest BCUT2D eigenvalue weighted by Crippen LogP contribution is 2.24. The van der Waals surface area contributed by atoms with Gasteiger partial charge in [-0.2, -0.15) is 0 Å². The van der Waals surface area contributed by atoms with Gasteiger partial charge in [0.15, 0.2) is 11.5 Å². The third-order valence-corrected chi connectivity index (χ3v) is 2.91. The number of aromatic carboxylic acids is 1. The molecule has 0 saturated heterocycles. The number of benzene rings is 1. The van der Waals surface area contributed by atoms with Gasteiger partial charge < -0.3 is 10.4 Å². The summed E-state index contributed by atoms with van der Waals surface area (Å²) in [6.07, 6.45) is 0. The maximum absolute atomic E-state index is 10.7. The van der Waals surface area contributed by atoms with E-state index in [9.17, 15) is 4.79 Å². The fourth-order valence-electron chi connectivity index (χ4n) is 1.71. The fourth-order valence-corrected chi connectivity index (χ4v) is 1.71. The van der Waals surface area contributed by atoms with E-state index in [4.69, 9.17) is 5.11 Å². The molecule has 0 atom stereocenters. The average Bonchev–Trinajstić information content (AvgIpc) is 2.39. The summed E-state index contributed by atoms with van der Waals surface area (Å²) in [7, 11) is 0. The van der Waals surface area contributed by atoms with E-state index in [1.54, 1.807) is 6.07 Å². The van der Waals surface area contributed by atoms with Crippen LogP contribution in [-0.2, 0) is 5.41 Å². The molecule has 0 radical (unpaired) electrons. The fraction of sp³-hybridized carbons (Fsp3) is 0.267. The predicted octanol–water partition coefficient (Wildman–Crippen LogP) is 3.22. The molecule has 0 aliphatic carbocycles. The van der Waals surface area contributed by atoms with Crippen molar-refractivity contribution in [2.24, 2.45) is 0 Å². The van der Waals surface area contributed by atoms with E-state index in [2.05, 4.69) is 48.4 Å². The zero-order chi connectivity index (χ0) is 14.8. The Morgan fingerprint density at radius 1 is 1.05 bits per heavy atom. The number of hydrogen-bond acceptors (Lipinski definition) is 4. The van der Waals surface area contributed by atoms with Crippen molar-refractivity contribution in [1.82, 2.24) is 10.2 Å². The second-order valence-corrected chi connectivity index (χ2v) is 5.56. The minimum absolute atomic E-state index is 0.0707. The standard InChI is InChI=1S/C15H17N3O2/c1-15(2,3)10-4-6-11(7-5-10)16-13-9-8-12(14(19)20)17-18-13/h4-9H,1-3H3,(H,16,18)(H,19,20). The van der Waals surface area contributed by atoms with E-state index in [0.717, 1.165) is 5.69 Å². The highest BCUT2D eigenvalue weighted by Gasteiger charge is 2.12. The molecule has 0 amide bonds. The third-order valence-electron chi connectivity index (χ3n) is 2.91. The summed E-state index contributed by atoms with van der Waals surface area (Å²) >= 11 is 0. The molecule has 0 aliphatic rings. The number of carboxylic acid groups (broad SMARTS) is 1. The number of carboxylic acids is 1. The summed E-state index contributed by atoms with van der Waals surface area (Å²) < 4.78 is 0. The maximum Gasteiger partial charge on any atom is 0.356 e. The van der Waals surface area contributed by atoms with E-state index in [0.29, 0.717) is 5.82 Å². The van der Waals surface area contributed by atoms with Gasteiger partial charge in [0, 0.05) is 5.69 Å². The van der Waals surface area contributed by atoms with Crippen molar-refractivity contribution >= 4 is 17.5 Å².